The zero-order valence-corrected chi connectivity index (χ0v) is 6.67. The summed E-state index contributed by atoms with van der Waals surface area (Å²) in [6, 6.07) is 0. The maximum absolute atomic E-state index is 10.5. The maximum atomic E-state index is 10.5. The minimum atomic E-state index is 0.0948. The molecule has 0 atom stereocenters. The number of ketones is 1. The van der Waals surface area contributed by atoms with Crippen molar-refractivity contribution >= 4 is 5.78 Å². The zero-order chi connectivity index (χ0) is 8.10. The molecule has 0 radical (unpaired) electrons. The van der Waals surface area contributed by atoms with Crippen molar-refractivity contribution in [2.24, 2.45) is 0 Å². The summed E-state index contributed by atoms with van der Waals surface area (Å²) in [5.41, 5.74) is 1.20. The van der Waals surface area contributed by atoms with E-state index in [1.54, 1.807) is 13.0 Å². The summed E-state index contributed by atoms with van der Waals surface area (Å²) >= 11 is 0. The minimum Gasteiger partial charge on any atom is -0.377 e. The lowest BCUT2D eigenvalue weighted by Gasteiger charge is -2.08. The molecular weight excluding hydrogens is 140 g/mol. The number of allylic oxidation sites excluding steroid dienone is 2. The summed E-state index contributed by atoms with van der Waals surface area (Å²) in [6.07, 6.45) is 6.38. The Morgan fingerprint density at radius 2 is 2.55 bits per heavy atom. The van der Waals surface area contributed by atoms with Gasteiger partial charge in [-0.3, -0.25) is 4.79 Å². The molecule has 11 heavy (non-hydrogen) atoms. The molecule has 0 saturated heterocycles. The Morgan fingerprint density at radius 3 is 3.09 bits per heavy atom. The summed E-state index contributed by atoms with van der Waals surface area (Å²) < 4.78 is 5.11. The standard InChI is InChI=1S/C9H12O2/c1-8(10)2-3-9-4-6-11-7-5-9/h2-4H,5-7H2,1H3. The fourth-order valence-electron chi connectivity index (χ4n) is 0.917. The highest BCUT2D eigenvalue weighted by Crippen LogP contribution is 2.08. The van der Waals surface area contributed by atoms with E-state index >= 15 is 0 Å². The van der Waals surface area contributed by atoms with E-state index in [1.807, 2.05) is 12.2 Å². The molecule has 1 aliphatic heterocycles. The Bertz CT molecular complexity index is 202. The van der Waals surface area contributed by atoms with Crippen molar-refractivity contribution in [1.82, 2.24) is 0 Å². The van der Waals surface area contributed by atoms with Gasteiger partial charge < -0.3 is 4.74 Å². The topological polar surface area (TPSA) is 26.3 Å². The largest absolute Gasteiger partial charge is 0.377 e. The zero-order valence-electron chi connectivity index (χ0n) is 6.67. The van der Waals surface area contributed by atoms with Gasteiger partial charge in [-0.2, -0.15) is 0 Å². The van der Waals surface area contributed by atoms with Crippen molar-refractivity contribution in [3.8, 4) is 0 Å². The lowest BCUT2D eigenvalue weighted by atomic mass is 10.1. The lowest BCUT2D eigenvalue weighted by molar-refractivity contribution is -0.112. The van der Waals surface area contributed by atoms with Gasteiger partial charge in [0, 0.05) is 0 Å². The molecule has 1 aliphatic rings. The molecule has 60 valence electrons. The number of carbonyl (C=O) groups is 1. The summed E-state index contributed by atoms with van der Waals surface area (Å²) in [4.78, 5) is 10.5. The molecule has 0 spiro atoms. The first kappa shape index (κ1) is 8.21. The van der Waals surface area contributed by atoms with Crippen LogP contribution in [0, 0.1) is 0 Å². The molecule has 1 heterocycles. The SMILES string of the molecule is CC(=O)C=CC1=CCOCC1. The van der Waals surface area contributed by atoms with Crippen molar-refractivity contribution in [2.45, 2.75) is 13.3 Å². The van der Waals surface area contributed by atoms with Gasteiger partial charge in [0.15, 0.2) is 5.78 Å². The van der Waals surface area contributed by atoms with Crippen LogP contribution in [0.15, 0.2) is 23.8 Å². The van der Waals surface area contributed by atoms with Gasteiger partial charge in [0.2, 0.25) is 0 Å². The molecule has 0 aromatic rings. The average Bonchev–Trinajstić information content (AvgIpc) is 2.03. The Labute approximate surface area is 66.5 Å². The van der Waals surface area contributed by atoms with E-state index in [9.17, 15) is 4.79 Å². The monoisotopic (exact) mass is 152 g/mol. The summed E-state index contributed by atoms with van der Waals surface area (Å²) in [7, 11) is 0. The van der Waals surface area contributed by atoms with Gasteiger partial charge in [-0.25, -0.2) is 0 Å². The van der Waals surface area contributed by atoms with E-state index in [-0.39, 0.29) is 5.78 Å². The summed E-state index contributed by atoms with van der Waals surface area (Å²) in [5.74, 6) is 0.0948. The predicted molar refractivity (Wildman–Crippen MR) is 43.3 cm³/mol. The minimum absolute atomic E-state index is 0.0948. The van der Waals surface area contributed by atoms with E-state index in [2.05, 4.69) is 0 Å². The van der Waals surface area contributed by atoms with E-state index in [1.165, 1.54) is 5.57 Å². The first-order valence-corrected chi connectivity index (χ1v) is 3.74. The van der Waals surface area contributed by atoms with Gasteiger partial charge in [-0.15, -0.1) is 0 Å². The van der Waals surface area contributed by atoms with Crippen LogP contribution in [-0.4, -0.2) is 19.0 Å². The molecular formula is C9H12O2. The van der Waals surface area contributed by atoms with E-state index < -0.39 is 0 Å². The highest BCUT2D eigenvalue weighted by Gasteiger charge is 1.98. The van der Waals surface area contributed by atoms with Crippen LogP contribution in [0.1, 0.15) is 13.3 Å². The molecule has 0 aromatic heterocycles. The molecule has 1 rings (SSSR count). The van der Waals surface area contributed by atoms with Crippen molar-refractivity contribution in [1.29, 1.82) is 0 Å². The second-order valence-electron chi connectivity index (χ2n) is 2.55. The van der Waals surface area contributed by atoms with Crippen LogP contribution in [0.3, 0.4) is 0 Å². The fourth-order valence-corrected chi connectivity index (χ4v) is 0.917. The van der Waals surface area contributed by atoms with Crippen LogP contribution in [0.25, 0.3) is 0 Å². The third-order valence-electron chi connectivity index (χ3n) is 1.53. The third kappa shape index (κ3) is 3.14. The molecule has 2 nitrogen and oxygen atoms in total. The van der Waals surface area contributed by atoms with E-state index in [0.29, 0.717) is 6.61 Å². The second-order valence-corrected chi connectivity index (χ2v) is 2.55. The number of ether oxygens (including phenoxy) is 1. The van der Waals surface area contributed by atoms with Gasteiger partial charge in [0.05, 0.1) is 13.2 Å². The van der Waals surface area contributed by atoms with Crippen LogP contribution in [0.5, 0.6) is 0 Å². The third-order valence-corrected chi connectivity index (χ3v) is 1.53. The molecule has 0 saturated carbocycles. The van der Waals surface area contributed by atoms with Gasteiger partial charge in [-0.1, -0.05) is 12.2 Å². The lowest BCUT2D eigenvalue weighted by Crippen LogP contribution is -2.02. The van der Waals surface area contributed by atoms with E-state index in [4.69, 9.17) is 4.74 Å². The molecule has 0 bridgehead atoms. The highest BCUT2D eigenvalue weighted by molar-refractivity contribution is 5.87. The van der Waals surface area contributed by atoms with Crippen molar-refractivity contribution in [2.75, 3.05) is 13.2 Å². The Morgan fingerprint density at radius 1 is 1.73 bits per heavy atom. The summed E-state index contributed by atoms with van der Waals surface area (Å²) in [6.45, 7) is 3.00. The van der Waals surface area contributed by atoms with Crippen molar-refractivity contribution < 1.29 is 9.53 Å². The Balaban J connectivity index is 2.47. The Hall–Kier alpha value is -0.890. The second kappa shape index (κ2) is 4.09. The first-order valence-electron chi connectivity index (χ1n) is 3.74. The number of hydrogen-bond acceptors (Lipinski definition) is 2. The van der Waals surface area contributed by atoms with Gasteiger partial charge in [-0.05, 0) is 25.0 Å². The number of rotatable bonds is 2. The normalized spacial score (nSPS) is 18.5. The molecule has 0 unspecified atom stereocenters. The fraction of sp³-hybridized carbons (Fsp3) is 0.444. The van der Waals surface area contributed by atoms with Crippen molar-refractivity contribution in [3.05, 3.63) is 23.8 Å². The Kier molecular flexibility index (Phi) is 3.05. The summed E-state index contributed by atoms with van der Waals surface area (Å²) in [5, 5.41) is 0. The molecule has 0 aliphatic carbocycles. The van der Waals surface area contributed by atoms with Crippen LogP contribution in [0.2, 0.25) is 0 Å². The van der Waals surface area contributed by atoms with Crippen LogP contribution in [0.4, 0.5) is 0 Å². The van der Waals surface area contributed by atoms with Gasteiger partial charge >= 0.3 is 0 Å². The molecule has 0 fully saturated rings. The first-order chi connectivity index (χ1) is 5.29. The van der Waals surface area contributed by atoms with Crippen LogP contribution in [-0.2, 0) is 9.53 Å². The van der Waals surface area contributed by atoms with Gasteiger partial charge in [0.1, 0.15) is 0 Å². The number of carbonyl (C=O) groups excluding carboxylic acids is 1. The van der Waals surface area contributed by atoms with E-state index in [0.717, 1.165) is 13.0 Å². The number of hydrogen-bond donors (Lipinski definition) is 0. The smallest absolute Gasteiger partial charge is 0.152 e. The van der Waals surface area contributed by atoms with Crippen LogP contribution < -0.4 is 0 Å². The molecule has 0 aromatic carbocycles. The van der Waals surface area contributed by atoms with Crippen molar-refractivity contribution in [3.63, 3.8) is 0 Å². The van der Waals surface area contributed by atoms with Crippen LogP contribution >= 0.6 is 0 Å². The average molecular weight is 152 g/mol. The molecule has 2 heteroatoms. The highest BCUT2D eigenvalue weighted by atomic mass is 16.5. The molecule has 0 N–H and O–H groups in total. The maximum Gasteiger partial charge on any atom is 0.152 e. The van der Waals surface area contributed by atoms with Gasteiger partial charge in [0.25, 0.3) is 0 Å². The predicted octanol–water partition coefficient (Wildman–Crippen LogP) is 1.48. The molecule has 0 amide bonds. The quantitative estimate of drug-likeness (QED) is 0.560.